The summed E-state index contributed by atoms with van der Waals surface area (Å²) in [4.78, 5) is 6.65. The van der Waals surface area contributed by atoms with Crippen molar-refractivity contribution in [3.63, 3.8) is 0 Å². The number of aryl methyl sites for hydroxylation is 1. The number of hydrogen-bond acceptors (Lipinski definition) is 5. The van der Waals surface area contributed by atoms with Gasteiger partial charge in [0.15, 0.2) is 0 Å². The van der Waals surface area contributed by atoms with Gasteiger partial charge in [-0.3, -0.25) is 0 Å². The van der Waals surface area contributed by atoms with E-state index in [1.54, 1.807) is 6.07 Å². The van der Waals surface area contributed by atoms with Crippen molar-refractivity contribution in [2.24, 2.45) is 0 Å². The highest BCUT2D eigenvalue weighted by molar-refractivity contribution is 5.39. The second-order valence-corrected chi connectivity index (χ2v) is 6.47. The molecule has 5 heteroatoms. The number of aliphatic hydroxyl groups is 1. The van der Waals surface area contributed by atoms with E-state index < -0.39 is 0 Å². The minimum atomic E-state index is -0.222. The summed E-state index contributed by atoms with van der Waals surface area (Å²) in [6, 6.07) is 15.7. The second kappa shape index (κ2) is 8.11. The highest BCUT2D eigenvalue weighted by Crippen LogP contribution is 2.27. The Morgan fingerprint density at radius 1 is 1.32 bits per heavy atom. The Bertz CT molecular complexity index is 742. The molecule has 2 aromatic rings. The smallest absolute Gasteiger partial charge is 0.232 e. The van der Waals surface area contributed by atoms with Crippen LogP contribution in [0, 0.1) is 18.3 Å². The van der Waals surface area contributed by atoms with Gasteiger partial charge in [-0.15, -0.1) is 0 Å². The zero-order chi connectivity index (χ0) is 17.6. The fourth-order valence-electron chi connectivity index (χ4n) is 3.12. The maximum Gasteiger partial charge on any atom is 0.232 e. The predicted molar refractivity (Wildman–Crippen MR) is 95.2 cm³/mol. The van der Waals surface area contributed by atoms with Crippen molar-refractivity contribution in [3.05, 3.63) is 59.3 Å². The third-order valence-corrected chi connectivity index (χ3v) is 4.50. The van der Waals surface area contributed by atoms with E-state index >= 15 is 0 Å². The van der Waals surface area contributed by atoms with E-state index in [2.05, 4.69) is 16.0 Å². The van der Waals surface area contributed by atoms with E-state index in [0.717, 1.165) is 37.2 Å². The second-order valence-electron chi connectivity index (χ2n) is 6.47. The van der Waals surface area contributed by atoms with Crippen LogP contribution in [-0.4, -0.2) is 40.7 Å². The van der Waals surface area contributed by atoms with Gasteiger partial charge in [0.2, 0.25) is 5.88 Å². The number of rotatable bonds is 6. The molecular formula is C20H23N3O2. The molecule has 1 N–H and O–H groups in total. The quantitative estimate of drug-likeness (QED) is 0.878. The molecule has 0 radical (unpaired) electrons. The molecule has 0 bridgehead atoms. The number of hydrogen-bond donors (Lipinski definition) is 1. The van der Waals surface area contributed by atoms with Crippen molar-refractivity contribution >= 4 is 0 Å². The molecule has 1 aromatic heterocycles. The summed E-state index contributed by atoms with van der Waals surface area (Å²) in [6.07, 6.45) is 1.20. The van der Waals surface area contributed by atoms with E-state index in [-0.39, 0.29) is 12.2 Å². The minimum Gasteiger partial charge on any atom is -0.468 e. The number of likely N-dealkylation sites (tertiary alicyclic amines) is 1. The van der Waals surface area contributed by atoms with Gasteiger partial charge in [0.05, 0.1) is 6.10 Å². The SMILES string of the molecule is Cc1ccc(C#N)c(OC(CCN2CC[C@H](O)C2)c2ccccc2)n1. The Morgan fingerprint density at radius 2 is 2.12 bits per heavy atom. The lowest BCUT2D eigenvalue weighted by atomic mass is 10.1. The van der Waals surface area contributed by atoms with Gasteiger partial charge in [-0.2, -0.15) is 5.26 Å². The summed E-state index contributed by atoms with van der Waals surface area (Å²) in [5.74, 6) is 0.387. The Labute approximate surface area is 148 Å². The first-order chi connectivity index (χ1) is 12.2. The number of β-amino-alcohol motifs (C(OH)–C–C–N with tert-alkyl or cyclic N) is 1. The molecule has 1 aliphatic heterocycles. The van der Waals surface area contributed by atoms with Gasteiger partial charge in [-0.05, 0) is 31.0 Å². The van der Waals surface area contributed by atoms with Crippen molar-refractivity contribution in [1.82, 2.24) is 9.88 Å². The summed E-state index contributed by atoms with van der Waals surface area (Å²) in [6.45, 7) is 4.35. The van der Waals surface area contributed by atoms with Gasteiger partial charge >= 0.3 is 0 Å². The van der Waals surface area contributed by atoms with Crippen molar-refractivity contribution in [3.8, 4) is 11.9 Å². The van der Waals surface area contributed by atoms with Crippen LogP contribution in [0.15, 0.2) is 42.5 Å². The van der Waals surface area contributed by atoms with Crippen molar-refractivity contribution < 1.29 is 9.84 Å². The molecule has 1 saturated heterocycles. The van der Waals surface area contributed by atoms with Crippen LogP contribution in [0.1, 0.15) is 35.8 Å². The average molecular weight is 337 g/mol. The lowest BCUT2D eigenvalue weighted by molar-refractivity contribution is 0.150. The maximum absolute atomic E-state index is 9.70. The van der Waals surface area contributed by atoms with Crippen molar-refractivity contribution in [2.45, 2.75) is 32.0 Å². The zero-order valence-corrected chi connectivity index (χ0v) is 14.4. The lowest BCUT2D eigenvalue weighted by Crippen LogP contribution is -2.25. The molecular weight excluding hydrogens is 314 g/mol. The van der Waals surface area contributed by atoms with Crippen LogP contribution in [0.5, 0.6) is 5.88 Å². The molecule has 0 aliphatic carbocycles. The molecule has 0 spiro atoms. The van der Waals surface area contributed by atoms with Crippen LogP contribution in [-0.2, 0) is 0 Å². The number of aliphatic hydroxyl groups excluding tert-OH is 1. The number of benzene rings is 1. The van der Waals surface area contributed by atoms with Gasteiger partial charge in [-0.1, -0.05) is 30.3 Å². The van der Waals surface area contributed by atoms with Gasteiger partial charge in [-0.25, -0.2) is 4.98 Å². The minimum absolute atomic E-state index is 0.180. The van der Waals surface area contributed by atoms with Gasteiger partial charge < -0.3 is 14.7 Å². The number of nitrogens with zero attached hydrogens (tertiary/aromatic N) is 3. The molecule has 5 nitrogen and oxygen atoms in total. The highest BCUT2D eigenvalue weighted by atomic mass is 16.5. The predicted octanol–water partition coefficient (Wildman–Crippen LogP) is 2.84. The first kappa shape index (κ1) is 17.4. The van der Waals surface area contributed by atoms with Crippen LogP contribution >= 0.6 is 0 Å². The molecule has 1 aromatic carbocycles. The van der Waals surface area contributed by atoms with E-state index in [9.17, 15) is 10.4 Å². The number of nitriles is 1. The monoisotopic (exact) mass is 337 g/mol. The molecule has 2 heterocycles. The molecule has 2 atom stereocenters. The van der Waals surface area contributed by atoms with Crippen LogP contribution in [0.3, 0.4) is 0 Å². The third-order valence-electron chi connectivity index (χ3n) is 4.50. The Morgan fingerprint density at radius 3 is 2.80 bits per heavy atom. The number of pyridine rings is 1. The first-order valence-corrected chi connectivity index (χ1v) is 8.65. The first-order valence-electron chi connectivity index (χ1n) is 8.65. The summed E-state index contributed by atoms with van der Waals surface area (Å²) in [5.41, 5.74) is 2.33. The molecule has 0 amide bonds. The molecule has 0 saturated carbocycles. The Balaban J connectivity index is 1.77. The fraction of sp³-hybridized carbons (Fsp3) is 0.400. The molecule has 1 aliphatic rings. The number of ether oxygens (including phenoxy) is 1. The molecule has 25 heavy (non-hydrogen) atoms. The Kier molecular flexibility index (Phi) is 5.64. The summed E-state index contributed by atoms with van der Waals surface area (Å²) in [7, 11) is 0. The average Bonchev–Trinajstić information content (AvgIpc) is 3.05. The van der Waals surface area contributed by atoms with Crippen LogP contribution in [0.4, 0.5) is 0 Å². The highest BCUT2D eigenvalue weighted by Gasteiger charge is 2.23. The van der Waals surface area contributed by atoms with Gasteiger partial charge in [0, 0.05) is 31.7 Å². The summed E-state index contributed by atoms with van der Waals surface area (Å²) in [5, 5.41) is 19.0. The normalized spacial score (nSPS) is 18.7. The largest absolute Gasteiger partial charge is 0.468 e. The lowest BCUT2D eigenvalue weighted by Gasteiger charge is -2.23. The summed E-state index contributed by atoms with van der Waals surface area (Å²) < 4.78 is 6.17. The van der Waals surface area contributed by atoms with E-state index in [4.69, 9.17) is 4.74 Å². The van der Waals surface area contributed by atoms with Crippen LogP contribution in [0.25, 0.3) is 0 Å². The molecule has 1 unspecified atom stereocenters. The van der Waals surface area contributed by atoms with E-state index in [1.165, 1.54) is 0 Å². The van der Waals surface area contributed by atoms with Crippen LogP contribution in [0.2, 0.25) is 0 Å². The molecule has 130 valence electrons. The Hall–Kier alpha value is -2.42. The maximum atomic E-state index is 9.70. The standard InChI is InChI=1S/C20H23N3O2/c1-15-7-8-17(13-21)20(22-15)25-19(16-5-3-2-4-6-16)10-12-23-11-9-18(24)14-23/h2-8,18-19,24H,9-12,14H2,1H3/t18-,19?/m0/s1. The van der Waals surface area contributed by atoms with Crippen molar-refractivity contribution in [2.75, 3.05) is 19.6 Å². The van der Waals surface area contributed by atoms with E-state index in [0.29, 0.717) is 18.0 Å². The van der Waals surface area contributed by atoms with E-state index in [1.807, 2.05) is 43.3 Å². The topological polar surface area (TPSA) is 69.4 Å². The summed E-state index contributed by atoms with van der Waals surface area (Å²) >= 11 is 0. The zero-order valence-electron chi connectivity index (χ0n) is 14.4. The fourth-order valence-corrected chi connectivity index (χ4v) is 3.12. The van der Waals surface area contributed by atoms with Crippen LogP contribution < -0.4 is 4.74 Å². The molecule has 3 rings (SSSR count). The number of aromatic nitrogens is 1. The van der Waals surface area contributed by atoms with Gasteiger partial charge in [0.25, 0.3) is 0 Å². The van der Waals surface area contributed by atoms with Crippen molar-refractivity contribution in [1.29, 1.82) is 5.26 Å². The van der Waals surface area contributed by atoms with Gasteiger partial charge in [0.1, 0.15) is 17.7 Å². The third kappa shape index (κ3) is 4.56. The molecule has 1 fully saturated rings.